The lowest BCUT2D eigenvalue weighted by Gasteiger charge is -2.01. The van der Waals surface area contributed by atoms with Crippen LogP contribution in [0, 0.1) is 0 Å². The van der Waals surface area contributed by atoms with Crippen LogP contribution in [-0.2, 0) is 0 Å². The van der Waals surface area contributed by atoms with Gasteiger partial charge < -0.3 is 0 Å². The van der Waals surface area contributed by atoms with E-state index in [1.54, 1.807) is 12.5 Å². The first kappa shape index (κ1) is 30.6. The van der Waals surface area contributed by atoms with Crippen LogP contribution in [0.3, 0.4) is 0 Å². The fourth-order valence-electron chi connectivity index (χ4n) is 2.89. The van der Waals surface area contributed by atoms with Gasteiger partial charge in [0.05, 0.1) is 0 Å². The second-order valence-electron chi connectivity index (χ2n) is 9.59. The summed E-state index contributed by atoms with van der Waals surface area (Å²) >= 11 is 0. The average Bonchev–Trinajstić information content (AvgIpc) is 2.92. The molecule has 4 rings (SSSR count). The van der Waals surface area contributed by atoms with E-state index >= 15 is 0 Å². The quantitative estimate of drug-likeness (QED) is 0.291. The highest BCUT2D eigenvalue weighted by Crippen LogP contribution is 2.12. The first-order chi connectivity index (χ1) is 17.2. The Hall–Kier alpha value is -3.47. The van der Waals surface area contributed by atoms with Gasteiger partial charge in [0.25, 0.3) is 0 Å². The average molecular weight is 486 g/mol. The standard InChI is InChI=1S/3C8H11N.C7H10N2/c3*1-7(2)8-3-5-9-6-4-8;1-6(2)7-3-4-8-5-9-7/h3*3-7H,1-2H3;3-6H,1-2H3. The molecule has 0 fully saturated rings. The molecule has 0 amide bonds. The fourth-order valence-corrected chi connectivity index (χ4v) is 2.89. The van der Waals surface area contributed by atoms with Gasteiger partial charge in [0.15, 0.2) is 0 Å². The molecular weight excluding hydrogens is 442 g/mol. The molecule has 0 atom stereocenters. The molecule has 0 spiro atoms. The zero-order valence-electron chi connectivity index (χ0n) is 23.2. The minimum atomic E-state index is 0.507. The van der Waals surface area contributed by atoms with Gasteiger partial charge in [-0.1, -0.05) is 55.4 Å². The van der Waals surface area contributed by atoms with Crippen LogP contribution in [0.2, 0.25) is 0 Å². The van der Waals surface area contributed by atoms with Gasteiger partial charge in [-0.2, -0.15) is 0 Å². The fraction of sp³-hybridized carbons (Fsp3) is 0.387. The smallest absolute Gasteiger partial charge is 0.115 e. The summed E-state index contributed by atoms with van der Waals surface area (Å²) in [5.41, 5.74) is 5.16. The largest absolute Gasteiger partial charge is 0.265 e. The number of hydrogen-bond acceptors (Lipinski definition) is 5. The molecule has 0 aliphatic heterocycles. The summed E-state index contributed by atoms with van der Waals surface area (Å²) in [4.78, 5) is 19.7. The molecule has 5 heteroatoms. The summed E-state index contributed by atoms with van der Waals surface area (Å²) in [5.74, 6) is 2.36. The van der Waals surface area contributed by atoms with Crippen molar-refractivity contribution in [3.63, 3.8) is 0 Å². The van der Waals surface area contributed by atoms with Gasteiger partial charge in [-0.15, -0.1) is 0 Å². The molecule has 0 saturated carbocycles. The zero-order valence-corrected chi connectivity index (χ0v) is 23.2. The van der Waals surface area contributed by atoms with Gasteiger partial charge in [0.2, 0.25) is 0 Å². The van der Waals surface area contributed by atoms with Crippen molar-refractivity contribution in [2.75, 3.05) is 0 Å². The number of hydrogen-bond donors (Lipinski definition) is 0. The predicted octanol–water partition coefficient (Wildman–Crippen LogP) is 8.22. The van der Waals surface area contributed by atoms with Crippen LogP contribution in [0.1, 0.15) is 101 Å². The van der Waals surface area contributed by atoms with Gasteiger partial charge in [-0.3, -0.25) is 15.0 Å². The van der Waals surface area contributed by atoms with Crippen molar-refractivity contribution in [2.45, 2.75) is 79.1 Å². The Bertz CT molecular complexity index is 846. The molecule has 0 aliphatic carbocycles. The van der Waals surface area contributed by atoms with E-state index in [-0.39, 0.29) is 0 Å². The van der Waals surface area contributed by atoms with E-state index in [1.807, 2.05) is 79.6 Å². The second-order valence-corrected chi connectivity index (χ2v) is 9.59. The highest BCUT2D eigenvalue weighted by molar-refractivity contribution is 5.14. The van der Waals surface area contributed by atoms with Crippen LogP contribution in [0.25, 0.3) is 0 Å². The molecule has 4 aromatic rings. The maximum Gasteiger partial charge on any atom is 0.115 e. The van der Waals surface area contributed by atoms with Crippen molar-refractivity contribution in [2.24, 2.45) is 0 Å². The highest BCUT2D eigenvalue weighted by atomic mass is 14.8. The molecule has 0 unspecified atom stereocenters. The molecule has 36 heavy (non-hydrogen) atoms. The van der Waals surface area contributed by atoms with Crippen LogP contribution < -0.4 is 0 Å². The van der Waals surface area contributed by atoms with Crippen LogP contribution in [0.15, 0.2) is 92.2 Å². The van der Waals surface area contributed by atoms with Crippen molar-refractivity contribution in [3.8, 4) is 0 Å². The van der Waals surface area contributed by atoms with E-state index in [2.05, 4.69) is 80.3 Å². The minimum Gasteiger partial charge on any atom is -0.265 e. The number of aromatic nitrogens is 5. The van der Waals surface area contributed by atoms with Crippen LogP contribution >= 0.6 is 0 Å². The van der Waals surface area contributed by atoms with Crippen LogP contribution in [0.4, 0.5) is 0 Å². The van der Waals surface area contributed by atoms with Crippen molar-refractivity contribution < 1.29 is 0 Å². The molecule has 4 heterocycles. The Kier molecular flexibility index (Phi) is 15.2. The van der Waals surface area contributed by atoms with E-state index in [4.69, 9.17) is 0 Å². The van der Waals surface area contributed by atoms with Crippen molar-refractivity contribution in [1.29, 1.82) is 0 Å². The molecule has 192 valence electrons. The summed E-state index contributed by atoms with van der Waals surface area (Å²) in [6.07, 6.45) is 14.3. The van der Waals surface area contributed by atoms with Crippen molar-refractivity contribution in [3.05, 3.63) is 115 Å². The maximum atomic E-state index is 4.07. The van der Waals surface area contributed by atoms with Crippen molar-refractivity contribution in [1.82, 2.24) is 24.9 Å². The van der Waals surface area contributed by atoms with Crippen molar-refractivity contribution >= 4 is 0 Å². The first-order valence-corrected chi connectivity index (χ1v) is 12.7. The lowest BCUT2D eigenvalue weighted by atomic mass is 10.1. The summed E-state index contributed by atoms with van der Waals surface area (Å²) in [6, 6.07) is 14.2. The van der Waals surface area contributed by atoms with Gasteiger partial charge in [-0.25, -0.2) is 9.97 Å². The molecular formula is C31H43N5. The Balaban J connectivity index is 0.000000240. The Morgan fingerprint density at radius 3 is 0.861 bits per heavy atom. The van der Waals surface area contributed by atoms with E-state index in [0.29, 0.717) is 23.7 Å². The van der Waals surface area contributed by atoms with E-state index in [1.165, 1.54) is 16.7 Å². The van der Waals surface area contributed by atoms with E-state index in [9.17, 15) is 0 Å². The highest BCUT2D eigenvalue weighted by Gasteiger charge is 1.97. The number of nitrogens with zero attached hydrogens (tertiary/aromatic N) is 5. The maximum absolute atomic E-state index is 4.07. The molecule has 0 N–H and O–H groups in total. The second kappa shape index (κ2) is 17.9. The Morgan fingerprint density at radius 2 is 0.694 bits per heavy atom. The van der Waals surface area contributed by atoms with Gasteiger partial charge in [0.1, 0.15) is 6.33 Å². The summed E-state index contributed by atoms with van der Waals surface area (Å²) in [7, 11) is 0. The van der Waals surface area contributed by atoms with E-state index in [0.717, 1.165) is 5.69 Å². The summed E-state index contributed by atoms with van der Waals surface area (Å²) < 4.78 is 0. The van der Waals surface area contributed by atoms with E-state index < -0.39 is 0 Å². The third-order valence-corrected chi connectivity index (χ3v) is 5.31. The third kappa shape index (κ3) is 13.4. The topological polar surface area (TPSA) is 64.5 Å². The lowest BCUT2D eigenvalue weighted by Crippen LogP contribution is -1.90. The molecule has 0 aliphatic rings. The molecule has 0 saturated heterocycles. The molecule has 0 radical (unpaired) electrons. The van der Waals surface area contributed by atoms with Crippen LogP contribution in [0.5, 0.6) is 0 Å². The zero-order chi connectivity index (χ0) is 26.8. The monoisotopic (exact) mass is 485 g/mol. The molecule has 0 aromatic carbocycles. The van der Waals surface area contributed by atoms with Crippen LogP contribution in [-0.4, -0.2) is 24.9 Å². The molecule has 5 nitrogen and oxygen atoms in total. The van der Waals surface area contributed by atoms with Gasteiger partial charge >= 0.3 is 0 Å². The normalized spacial score (nSPS) is 10.1. The number of pyridine rings is 3. The van der Waals surface area contributed by atoms with Gasteiger partial charge in [0, 0.05) is 49.1 Å². The van der Waals surface area contributed by atoms with Gasteiger partial charge in [-0.05, 0) is 82.8 Å². The Labute approximate surface area is 218 Å². The molecule has 4 aromatic heterocycles. The summed E-state index contributed by atoms with van der Waals surface area (Å²) in [6.45, 7) is 17.3. The number of rotatable bonds is 4. The lowest BCUT2D eigenvalue weighted by molar-refractivity contribution is 0.814. The minimum absolute atomic E-state index is 0.507. The first-order valence-electron chi connectivity index (χ1n) is 12.7. The SMILES string of the molecule is CC(C)c1ccncc1.CC(C)c1ccncc1.CC(C)c1ccncc1.CC(C)c1ccncn1. The summed E-state index contributed by atoms with van der Waals surface area (Å²) in [5, 5.41) is 0. The molecule has 0 bridgehead atoms. The third-order valence-electron chi connectivity index (χ3n) is 5.31. The Morgan fingerprint density at radius 1 is 0.389 bits per heavy atom. The predicted molar refractivity (Wildman–Crippen MR) is 151 cm³/mol.